The normalized spacial score (nSPS) is 14.3. The summed E-state index contributed by atoms with van der Waals surface area (Å²) >= 11 is 14.1. The molecule has 1 fully saturated rings. The minimum atomic E-state index is -0.553. The quantitative estimate of drug-likeness (QED) is 0.258. The van der Waals surface area contributed by atoms with Crippen molar-refractivity contribution < 1.29 is 23.9 Å². The van der Waals surface area contributed by atoms with Crippen LogP contribution in [0.4, 0.5) is 10.5 Å². The molecule has 11 heteroatoms. The molecule has 37 heavy (non-hydrogen) atoms. The van der Waals surface area contributed by atoms with Crippen LogP contribution in [0.3, 0.4) is 0 Å². The smallest absolute Gasteiger partial charge is 0.294 e. The lowest BCUT2D eigenvalue weighted by Gasteiger charge is -2.13. The molecule has 0 atom stereocenters. The van der Waals surface area contributed by atoms with E-state index in [0.29, 0.717) is 38.9 Å². The fourth-order valence-electron chi connectivity index (χ4n) is 3.34. The summed E-state index contributed by atoms with van der Waals surface area (Å²) in [5, 5.41) is 2.48. The number of anilines is 1. The van der Waals surface area contributed by atoms with Gasteiger partial charge in [0.15, 0.2) is 5.75 Å². The van der Waals surface area contributed by atoms with Gasteiger partial charge in [0, 0.05) is 10.2 Å². The molecule has 4 rings (SSSR count). The molecule has 0 radical (unpaired) electrons. The molecule has 190 valence electrons. The van der Waals surface area contributed by atoms with Gasteiger partial charge in [0.05, 0.1) is 21.5 Å². The lowest BCUT2D eigenvalue weighted by Crippen LogP contribution is -2.36. The first kappa shape index (κ1) is 27.3. The number of thioether (sulfide) groups is 1. The lowest BCUT2D eigenvalue weighted by atomic mass is 10.2. The number of amides is 3. The monoisotopic (exact) mass is 664 g/mol. The average molecular weight is 667 g/mol. The average Bonchev–Trinajstić information content (AvgIpc) is 3.12. The van der Waals surface area contributed by atoms with Gasteiger partial charge in [-0.25, -0.2) is 0 Å². The fourth-order valence-corrected chi connectivity index (χ4v) is 5.43. The maximum absolute atomic E-state index is 12.9. The highest BCUT2D eigenvalue weighted by molar-refractivity contribution is 9.10. The van der Waals surface area contributed by atoms with Gasteiger partial charge in [-0.3, -0.25) is 19.3 Å². The third kappa shape index (κ3) is 6.95. The minimum Gasteiger partial charge on any atom is -0.497 e. The Morgan fingerprint density at radius 1 is 1.08 bits per heavy atom. The number of nitrogens with zero attached hydrogens (tertiary/aromatic N) is 1. The van der Waals surface area contributed by atoms with E-state index in [2.05, 4.69) is 37.2 Å². The van der Waals surface area contributed by atoms with Crippen molar-refractivity contribution in [1.82, 2.24) is 4.90 Å². The standard InChI is InChI=1S/C26H19Br2ClN2O5S/c1-35-19-8-6-18(7-9-19)30-23(32)13-31-25(33)22(37-26(31)34)12-16-10-20(28)24(21(29)11-16)36-14-15-2-4-17(27)5-3-15/h2-12H,13-14H2,1H3,(H,30,32)/b22-12+. The molecule has 3 amide bonds. The molecule has 3 aromatic carbocycles. The second-order valence-electron chi connectivity index (χ2n) is 7.77. The van der Waals surface area contributed by atoms with Gasteiger partial charge in [-0.2, -0.15) is 0 Å². The third-order valence-electron chi connectivity index (χ3n) is 5.16. The molecule has 0 bridgehead atoms. The Labute approximate surface area is 239 Å². The molecule has 1 aliphatic rings. The van der Waals surface area contributed by atoms with Crippen LogP contribution in [0.15, 0.2) is 74.5 Å². The maximum atomic E-state index is 12.9. The van der Waals surface area contributed by atoms with Crippen LogP contribution in [0, 0.1) is 0 Å². The summed E-state index contributed by atoms with van der Waals surface area (Å²) in [5.74, 6) is 0.0597. The predicted octanol–water partition coefficient (Wildman–Crippen LogP) is 7.13. The van der Waals surface area contributed by atoms with Crippen molar-refractivity contribution in [1.29, 1.82) is 0 Å². The van der Waals surface area contributed by atoms with Crippen LogP contribution in [-0.2, 0) is 16.2 Å². The van der Waals surface area contributed by atoms with Crippen molar-refractivity contribution in [3.05, 3.63) is 90.7 Å². The zero-order valence-corrected chi connectivity index (χ0v) is 24.0. The van der Waals surface area contributed by atoms with Gasteiger partial charge in [0.2, 0.25) is 5.91 Å². The van der Waals surface area contributed by atoms with Gasteiger partial charge in [0.25, 0.3) is 11.1 Å². The summed E-state index contributed by atoms with van der Waals surface area (Å²) in [6, 6.07) is 17.8. The number of hydrogen-bond acceptors (Lipinski definition) is 6. The van der Waals surface area contributed by atoms with Gasteiger partial charge >= 0.3 is 0 Å². The summed E-state index contributed by atoms with van der Waals surface area (Å²) in [4.78, 5) is 38.8. The zero-order valence-electron chi connectivity index (χ0n) is 19.3. The number of hydrogen-bond donors (Lipinski definition) is 1. The van der Waals surface area contributed by atoms with Crippen molar-refractivity contribution in [2.45, 2.75) is 6.61 Å². The van der Waals surface area contributed by atoms with E-state index in [-0.39, 0.29) is 4.91 Å². The van der Waals surface area contributed by atoms with E-state index in [1.165, 1.54) is 0 Å². The number of methoxy groups -OCH3 is 1. The summed E-state index contributed by atoms with van der Waals surface area (Å²) in [7, 11) is 1.54. The largest absolute Gasteiger partial charge is 0.497 e. The molecule has 0 aliphatic carbocycles. The number of carbonyl (C=O) groups excluding carboxylic acids is 3. The number of halogens is 3. The highest BCUT2D eigenvalue weighted by atomic mass is 79.9. The summed E-state index contributed by atoms with van der Waals surface area (Å²) in [6.07, 6.45) is 1.56. The highest BCUT2D eigenvalue weighted by Gasteiger charge is 2.36. The molecule has 1 aliphatic heterocycles. The molecular formula is C26H19Br2ClN2O5S. The summed E-state index contributed by atoms with van der Waals surface area (Å²) in [6.45, 7) is -0.0796. The molecule has 1 heterocycles. The van der Waals surface area contributed by atoms with Gasteiger partial charge in [-0.05, 0) is 93.4 Å². The molecule has 0 aromatic heterocycles. The Morgan fingerprint density at radius 3 is 2.43 bits per heavy atom. The lowest BCUT2D eigenvalue weighted by molar-refractivity contribution is -0.127. The second kappa shape index (κ2) is 12.2. The van der Waals surface area contributed by atoms with Crippen molar-refractivity contribution in [2.24, 2.45) is 0 Å². The molecule has 3 aromatic rings. The first-order valence-electron chi connectivity index (χ1n) is 10.8. The number of ether oxygens (including phenoxy) is 2. The predicted molar refractivity (Wildman–Crippen MR) is 152 cm³/mol. The second-order valence-corrected chi connectivity index (χ2v) is 10.9. The number of benzene rings is 3. The van der Waals surface area contributed by atoms with E-state index in [0.717, 1.165) is 26.7 Å². The summed E-state index contributed by atoms with van der Waals surface area (Å²) in [5.41, 5.74) is 2.09. The van der Waals surface area contributed by atoms with Crippen molar-refractivity contribution in [3.63, 3.8) is 0 Å². The number of imide groups is 1. The SMILES string of the molecule is COc1ccc(NC(=O)CN2C(=O)S/C(=C/c3cc(Cl)c(OCc4ccc(Br)cc4)c(Br)c3)C2=O)cc1. The molecule has 1 N–H and O–H groups in total. The van der Waals surface area contributed by atoms with E-state index >= 15 is 0 Å². The Bertz CT molecular complexity index is 1360. The Kier molecular flexibility index (Phi) is 8.96. The van der Waals surface area contributed by atoms with Crippen LogP contribution in [0.2, 0.25) is 5.02 Å². The molecule has 0 unspecified atom stereocenters. The first-order valence-corrected chi connectivity index (χ1v) is 13.6. The van der Waals surface area contributed by atoms with Gasteiger partial charge in [-0.15, -0.1) is 0 Å². The van der Waals surface area contributed by atoms with Crippen molar-refractivity contribution >= 4 is 84.0 Å². The van der Waals surface area contributed by atoms with Crippen LogP contribution in [0.5, 0.6) is 11.5 Å². The molecule has 7 nitrogen and oxygen atoms in total. The summed E-state index contributed by atoms with van der Waals surface area (Å²) < 4.78 is 12.5. The molecule has 0 spiro atoms. The molecular weight excluding hydrogens is 648 g/mol. The van der Waals surface area contributed by atoms with Gasteiger partial charge in [0.1, 0.15) is 18.9 Å². The fraction of sp³-hybridized carbons (Fsp3) is 0.115. The van der Waals surface area contributed by atoms with E-state index in [9.17, 15) is 14.4 Å². The maximum Gasteiger partial charge on any atom is 0.294 e. The highest BCUT2D eigenvalue weighted by Crippen LogP contribution is 2.38. The van der Waals surface area contributed by atoms with E-state index < -0.39 is 23.6 Å². The van der Waals surface area contributed by atoms with Crippen LogP contribution < -0.4 is 14.8 Å². The van der Waals surface area contributed by atoms with Crippen molar-refractivity contribution in [3.8, 4) is 11.5 Å². The van der Waals surface area contributed by atoms with Gasteiger partial charge < -0.3 is 14.8 Å². The van der Waals surface area contributed by atoms with Crippen LogP contribution in [-0.4, -0.2) is 35.6 Å². The first-order chi connectivity index (χ1) is 17.7. The van der Waals surface area contributed by atoms with Crippen LogP contribution in [0.1, 0.15) is 11.1 Å². The van der Waals surface area contributed by atoms with E-state index in [4.69, 9.17) is 21.1 Å². The van der Waals surface area contributed by atoms with E-state index in [1.807, 2.05) is 24.3 Å². The Hall–Kier alpha value is -2.79. The third-order valence-corrected chi connectivity index (χ3v) is 7.47. The minimum absolute atomic E-state index is 0.189. The molecule has 1 saturated heterocycles. The van der Waals surface area contributed by atoms with E-state index in [1.54, 1.807) is 49.6 Å². The molecule has 0 saturated carbocycles. The topological polar surface area (TPSA) is 84.9 Å². The number of rotatable bonds is 8. The van der Waals surface area contributed by atoms with Crippen LogP contribution >= 0.6 is 55.2 Å². The number of carbonyl (C=O) groups is 3. The van der Waals surface area contributed by atoms with Gasteiger partial charge in [-0.1, -0.05) is 39.7 Å². The Balaban J connectivity index is 1.41. The number of nitrogens with one attached hydrogen (secondary N) is 1. The Morgan fingerprint density at radius 2 is 1.78 bits per heavy atom. The zero-order chi connectivity index (χ0) is 26.5. The van der Waals surface area contributed by atoms with Crippen LogP contribution in [0.25, 0.3) is 6.08 Å². The van der Waals surface area contributed by atoms with Crippen molar-refractivity contribution in [2.75, 3.05) is 19.0 Å².